The summed E-state index contributed by atoms with van der Waals surface area (Å²) in [6, 6.07) is 6.90. The molecule has 4 fully saturated rings. The molecule has 1 aromatic rings. The summed E-state index contributed by atoms with van der Waals surface area (Å²) in [6.45, 7) is 5.29. The number of carbonyl (C=O) groups excluding carboxylic acids is 3. The lowest BCUT2D eigenvalue weighted by molar-refractivity contribution is -0.177. The molecule has 186 valence electrons. The molecule has 0 heterocycles. The molecule has 4 atom stereocenters. The van der Waals surface area contributed by atoms with Gasteiger partial charge in [0.15, 0.2) is 6.04 Å². The number of alkyl carbamates (subject to hydrolysis) is 1. The van der Waals surface area contributed by atoms with Crippen molar-refractivity contribution in [3.8, 4) is 0 Å². The summed E-state index contributed by atoms with van der Waals surface area (Å²) in [5, 5.41) is 16.9. The van der Waals surface area contributed by atoms with Gasteiger partial charge in [0.25, 0.3) is 0 Å². The van der Waals surface area contributed by atoms with Crippen molar-refractivity contribution in [2.75, 3.05) is 7.11 Å². The van der Waals surface area contributed by atoms with Crippen molar-refractivity contribution in [3.63, 3.8) is 0 Å². The Hall–Kier alpha value is -2.61. The molecule has 5 rings (SSSR count). The molecule has 2 unspecified atom stereocenters. The minimum atomic E-state index is -1.02. The first-order chi connectivity index (χ1) is 15.9. The number of hydrogen-bond acceptors (Lipinski definition) is 6. The zero-order chi connectivity index (χ0) is 24.7. The fourth-order valence-electron chi connectivity index (χ4n) is 6.81. The van der Waals surface area contributed by atoms with E-state index < -0.39 is 46.7 Å². The summed E-state index contributed by atoms with van der Waals surface area (Å²) >= 11 is 0. The van der Waals surface area contributed by atoms with Crippen LogP contribution in [0.5, 0.6) is 0 Å². The van der Waals surface area contributed by atoms with E-state index in [1.807, 2.05) is 6.07 Å². The van der Waals surface area contributed by atoms with E-state index in [1.165, 1.54) is 7.11 Å². The molecule has 8 heteroatoms. The van der Waals surface area contributed by atoms with Crippen LogP contribution in [-0.2, 0) is 19.1 Å². The van der Waals surface area contributed by atoms with Gasteiger partial charge in [-0.15, -0.1) is 0 Å². The van der Waals surface area contributed by atoms with Crippen LogP contribution in [0.4, 0.5) is 4.79 Å². The van der Waals surface area contributed by atoms with Crippen LogP contribution in [0.2, 0.25) is 0 Å². The molecular formula is C26H36N2O6. The van der Waals surface area contributed by atoms with Crippen molar-refractivity contribution in [1.82, 2.24) is 10.6 Å². The van der Waals surface area contributed by atoms with Gasteiger partial charge >= 0.3 is 12.1 Å². The number of nitrogens with one attached hydrogen (secondary N) is 2. The van der Waals surface area contributed by atoms with Crippen LogP contribution in [-0.4, -0.2) is 47.4 Å². The van der Waals surface area contributed by atoms with Gasteiger partial charge in [-0.3, -0.25) is 4.79 Å². The van der Waals surface area contributed by atoms with Gasteiger partial charge in [-0.1, -0.05) is 30.3 Å². The Labute approximate surface area is 200 Å². The first-order valence-electron chi connectivity index (χ1n) is 12.1. The number of benzene rings is 1. The third-order valence-corrected chi connectivity index (χ3v) is 7.47. The maximum absolute atomic E-state index is 13.8. The highest BCUT2D eigenvalue weighted by Crippen LogP contribution is 2.62. The average Bonchev–Trinajstić information content (AvgIpc) is 2.72. The highest BCUT2D eigenvalue weighted by molar-refractivity contribution is 5.91. The molecule has 0 radical (unpaired) electrons. The Bertz CT molecular complexity index is 926. The van der Waals surface area contributed by atoms with E-state index in [1.54, 1.807) is 45.0 Å². The number of esters is 1. The largest absolute Gasteiger partial charge is 0.467 e. The second-order valence-corrected chi connectivity index (χ2v) is 11.5. The normalized spacial score (nSPS) is 31.3. The van der Waals surface area contributed by atoms with Crippen molar-refractivity contribution in [2.24, 2.45) is 17.3 Å². The fourth-order valence-corrected chi connectivity index (χ4v) is 6.81. The maximum atomic E-state index is 13.8. The predicted octanol–water partition coefficient (Wildman–Crippen LogP) is 3.24. The molecule has 1 aromatic carbocycles. The summed E-state index contributed by atoms with van der Waals surface area (Å²) < 4.78 is 10.4. The van der Waals surface area contributed by atoms with Crippen LogP contribution >= 0.6 is 0 Å². The van der Waals surface area contributed by atoms with Gasteiger partial charge in [0, 0.05) is 5.41 Å². The van der Waals surface area contributed by atoms with Gasteiger partial charge in [-0.2, -0.15) is 0 Å². The molecule has 0 aromatic heterocycles. The predicted molar refractivity (Wildman–Crippen MR) is 125 cm³/mol. The summed E-state index contributed by atoms with van der Waals surface area (Å²) in [7, 11) is 1.27. The Balaban J connectivity index is 1.64. The van der Waals surface area contributed by atoms with E-state index in [-0.39, 0.29) is 0 Å². The van der Waals surface area contributed by atoms with Gasteiger partial charge < -0.3 is 25.2 Å². The number of hydrogen-bond donors (Lipinski definition) is 3. The van der Waals surface area contributed by atoms with E-state index in [2.05, 4.69) is 10.6 Å². The standard InChI is InChI=1S/C26H36N2O6/c1-24(2,3)34-23(31)28-20(25-11-16-10-17(12-25)14-26(32,13-16)15-25)21(29)27-19(22(30)33-4)18-8-6-5-7-9-18/h5-9,16-17,19-20,32H,10-15H2,1-4H3,(H,27,29)(H,28,31)/t16?,17?,19-,20-,25?,26?/m1/s1. The van der Waals surface area contributed by atoms with Crippen LogP contribution in [0.15, 0.2) is 30.3 Å². The second kappa shape index (κ2) is 8.87. The smallest absolute Gasteiger partial charge is 0.408 e. The Morgan fingerprint density at radius 2 is 1.65 bits per heavy atom. The zero-order valence-electron chi connectivity index (χ0n) is 20.4. The van der Waals surface area contributed by atoms with E-state index in [0.717, 1.165) is 32.1 Å². The molecule has 0 spiro atoms. The van der Waals surface area contributed by atoms with Gasteiger partial charge in [0.05, 0.1) is 12.7 Å². The van der Waals surface area contributed by atoms with Crippen LogP contribution in [0.3, 0.4) is 0 Å². The third kappa shape index (κ3) is 5.06. The Morgan fingerprint density at radius 3 is 2.18 bits per heavy atom. The topological polar surface area (TPSA) is 114 Å². The van der Waals surface area contributed by atoms with Gasteiger partial charge in [-0.25, -0.2) is 9.59 Å². The molecular weight excluding hydrogens is 436 g/mol. The average molecular weight is 473 g/mol. The highest BCUT2D eigenvalue weighted by Gasteiger charge is 2.61. The third-order valence-electron chi connectivity index (χ3n) is 7.47. The zero-order valence-corrected chi connectivity index (χ0v) is 20.4. The minimum absolute atomic E-state index is 0.313. The summed E-state index contributed by atoms with van der Waals surface area (Å²) in [4.78, 5) is 39.2. The van der Waals surface area contributed by atoms with Gasteiger partial charge in [-0.05, 0) is 76.7 Å². The van der Waals surface area contributed by atoms with Crippen LogP contribution in [0.1, 0.15) is 70.9 Å². The molecule has 8 nitrogen and oxygen atoms in total. The molecule has 4 aliphatic rings. The van der Waals surface area contributed by atoms with E-state index in [0.29, 0.717) is 23.8 Å². The van der Waals surface area contributed by atoms with E-state index in [4.69, 9.17) is 9.47 Å². The molecule has 0 saturated heterocycles. The summed E-state index contributed by atoms with van der Waals surface area (Å²) in [5.74, 6) is -0.449. The van der Waals surface area contributed by atoms with Crippen molar-refractivity contribution in [3.05, 3.63) is 35.9 Å². The molecule has 3 N–H and O–H groups in total. The fraction of sp³-hybridized carbons (Fsp3) is 0.654. The SMILES string of the molecule is COC(=O)[C@H](NC(=O)[C@@H](NC(=O)OC(C)(C)C)C12CC3CC(CC(O)(C3)C1)C2)c1ccccc1. The number of rotatable bonds is 6. The monoisotopic (exact) mass is 472 g/mol. The number of ether oxygens (including phenoxy) is 2. The minimum Gasteiger partial charge on any atom is -0.467 e. The first-order valence-corrected chi connectivity index (χ1v) is 12.1. The summed E-state index contributed by atoms with van der Waals surface area (Å²) in [5.41, 5.74) is -1.57. The van der Waals surface area contributed by atoms with Crippen molar-refractivity contribution >= 4 is 18.0 Å². The van der Waals surface area contributed by atoms with E-state index in [9.17, 15) is 19.5 Å². The van der Waals surface area contributed by atoms with Crippen LogP contribution < -0.4 is 10.6 Å². The quantitative estimate of drug-likeness (QED) is 0.548. The summed E-state index contributed by atoms with van der Waals surface area (Å²) in [6.07, 6.45) is 3.75. The molecule has 4 bridgehead atoms. The maximum Gasteiger partial charge on any atom is 0.408 e. The molecule has 0 aliphatic heterocycles. The number of amides is 2. The van der Waals surface area contributed by atoms with Gasteiger partial charge in [0.1, 0.15) is 11.6 Å². The van der Waals surface area contributed by atoms with Crippen molar-refractivity contribution in [1.29, 1.82) is 0 Å². The lowest BCUT2D eigenvalue weighted by Crippen LogP contribution is -2.66. The lowest BCUT2D eigenvalue weighted by atomic mass is 9.46. The first kappa shape index (κ1) is 24.5. The number of aliphatic hydroxyl groups is 1. The van der Waals surface area contributed by atoms with Crippen molar-refractivity contribution < 1.29 is 29.0 Å². The Kier molecular flexibility index (Phi) is 6.40. The highest BCUT2D eigenvalue weighted by atomic mass is 16.6. The number of carbonyl (C=O) groups is 3. The Morgan fingerprint density at radius 1 is 1.03 bits per heavy atom. The van der Waals surface area contributed by atoms with Crippen LogP contribution in [0.25, 0.3) is 0 Å². The van der Waals surface area contributed by atoms with E-state index >= 15 is 0 Å². The van der Waals surface area contributed by atoms with Gasteiger partial charge in [0.2, 0.25) is 5.91 Å². The molecule has 2 amide bonds. The van der Waals surface area contributed by atoms with Crippen LogP contribution in [0, 0.1) is 17.3 Å². The second-order valence-electron chi connectivity index (χ2n) is 11.5. The number of methoxy groups -OCH3 is 1. The molecule has 4 saturated carbocycles. The van der Waals surface area contributed by atoms with Crippen molar-refractivity contribution in [2.45, 2.75) is 82.6 Å². The molecule has 34 heavy (non-hydrogen) atoms. The molecule has 4 aliphatic carbocycles. The lowest BCUT2D eigenvalue weighted by Gasteiger charge is -2.61.